The Morgan fingerprint density at radius 3 is 3.00 bits per heavy atom. The highest BCUT2D eigenvalue weighted by atomic mass is 127. The summed E-state index contributed by atoms with van der Waals surface area (Å²) >= 11 is 6.13. The van der Waals surface area contributed by atoms with Crippen molar-refractivity contribution < 1.29 is 0 Å². The summed E-state index contributed by atoms with van der Waals surface area (Å²) in [6, 6.07) is 6.40. The van der Waals surface area contributed by atoms with E-state index in [0.29, 0.717) is 4.83 Å². The number of hydrogen-bond acceptors (Lipinski definition) is 1. The maximum Gasteiger partial charge on any atom is 0.107 e. The van der Waals surface area contributed by atoms with Crippen LogP contribution < -0.4 is 0 Å². The number of imidazole rings is 1. The van der Waals surface area contributed by atoms with Crippen molar-refractivity contribution in [2.45, 2.75) is 18.2 Å². The maximum absolute atomic E-state index is 4.25. The fourth-order valence-corrected chi connectivity index (χ4v) is 3.45. The normalized spacial score (nSPS) is 12.7. The molecule has 2 rings (SSSR count). The molecule has 1 unspecified atom stereocenters. The minimum absolute atomic E-state index is 0.311. The number of aryl methyl sites for hydroxylation is 1. The largest absolute Gasteiger partial charge is 0.349 e. The summed E-state index contributed by atoms with van der Waals surface area (Å²) in [5, 5.41) is 0. The van der Waals surface area contributed by atoms with Gasteiger partial charge in [-0.2, -0.15) is 0 Å². The van der Waals surface area contributed by atoms with Crippen molar-refractivity contribution in [3.63, 3.8) is 0 Å². The molecule has 1 aromatic heterocycles. The van der Waals surface area contributed by atoms with Gasteiger partial charge in [-0.3, -0.25) is 0 Å². The lowest BCUT2D eigenvalue weighted by Crippen LogP contribution is -2.00. The predicted molar refractivity (Wildman–Crippen MR) is 77.9 cm³/mol. The van der Waals surface area contributed by atoms with Gasteiger partial charge in [-0.25, -0.2) is 4.98 Å². The second-order valence-electron chi connectivity index (χ2n) is 3.69. The summed E-state index contributed by atoms with van der Waals surface area (Å²) in [6.45, 7) is 2.14. The van der Waals surface area contributed by atoms with E-state index < -0.39 is 0 Å². The number of halogens is 2. The standard InChI is InChI=1S/C12H12BrIN2/c1-8-3-2-4-9(12(8)14)10(13)7-11-15-5-6-16-11/h2-6,10H,7H2,1H3,(H,15,16). The lowest BCUT2D eigenvalue weighted by Gasteiger charge is -2.12. The highest BCUT2D eigenvalue weighted by molar-refractivity contribution is 14.1. The van der Waals surface area contributed by atoms with E-state index >= 15 is 0 Å². The van der Waals surface area contributed by atoms with E-state index in [1.54, 1.807) is 6.20 Å². The molecular weight excluding hydrogens is 379 g/mol. The molecule has 0 saturated carbocycles. The minimum Gasteiger partial charge on any atom is -0.349 e. The summed E-state index contributed by atoms with van der Waals surface area (Å²) in [7, 11) is 0. The Hall–Kier alpha value is -0.360. The molecule has 1 atom stereocenters. The van der Waals surface area contributed by atoms with E-state index in [4.69, 9.17) is 0 Å². The number of benzene rings is 1. The molecule has 0 fully saturated rings. The van der Waals surface area contributed by atoms with Crippen molar-refractivity contribution in [1.29, 1.82) is 0 Å². The van der Waals surface area contributed by atoms with Crippen molar-refractivity contribution in [2.24, 2.45) is 0 Å². The number of aromatic nitrogens is 2. The second-order valence-corrected chi connectivity index (χ2v) is 5.87. The first-order chi connectivity index (χ1) is 7.68. The first-order valence-corrected chi connectivity index (χ1v) is 7.05. The Bertz CT molecular complexity index is 468. The molecule has 2 aromatic rings. The van der Waals surface area contributed by atoms with E-state index in [1.807, 2.05) is 6.20 Å². The van der Waals surface area contributed by atoms with Crippen LogP contribution in [0.2, 0.25) is 0 Å². The Morgan fingerprint density at radius 1 is 1.50 bits per heavy atom. The Balaban J connectivity index is 2.21. The molecular formula is C12H12BrIN2. The van der Waals surface area contributed by atoms with Crippen LogP contribution in [0.4, 0.5) is 0 Å². The van der Waals surface area contributed by atoms with Crippen LogP contribution in [0.25, 0.3) is 0 Å². The SMILES string of the molecule is Cc1cccc(C(Br)Cc2ncc[nH]2)c1I. The third-order valence-corrected chi connectivity index (χ3v) is 4.78. The summed E-state index contributed by atoms with van der Waals surface area (Å²) in [6.07, 6.45) is 4.53. The summed E-state index contributed by atoms with van der Waals surface area (Å²) in [5.74, 6) is 1.01. The van der Waals surface area contributed by atoms with Crippen molar-refractivity contribution in [3.05, 3.63) is 51.1 Å². The molecule has 4 heteroatoms. The summed E-state index contributed by atoms with van der Waals surface area (Å²) in [5.41, 5.74) is 2.65. The van der Waals surface area contributed by atoms with E-state index in [-0.39, 0.29) is 0 Å². The van der Waals surface area contributed by atoms with Crippen molar-refractivity contribution in [1.82, 2.24) is 9.97 Å². The minimum atomic E-state index is 0.311. The molecule has 1 heterocycles. The first-order valence-electron chi connectivity index (χ1n) is 5.06. The predicted octanol–water partition coefficient (Wildman–Crippen LogP) is 4.00. The van der Waals surface area contributed by atoms with Crippen molar-refractivity contribution >= 4 is 38.5 Å². The van der Waals surface area contributed by atoms with Gasteiger partial charge in [0, 0.05) is 27.2 Å². The number of nitrogens with one attached hydrogen (secondary N) is 1. The van der Waals surface area contributed by atoms with Gasteiger partial charge in [-0.05, 0) is 40.6 Å². The van der Waals surface area contributed by atoms with Crippen LogP contribution in [0, 0.1) is 10.5 Å². The van der Waals surface area contributed by atoms with Crippen LogP contribution in [-0.2, 0) is 6.42 Å². The molecule has 0 bridgehead atoms. The second kappa shape index (κ2) is 5.31. The molecule has 84 valence electrons. The van der Waals surface area contributed by atoms with Crippen LogP contribution in [-0.4, -0.2) is 9.97 Å². The Kier molecular flexibility index (Phi) is 4.02. The van der Waals surface area contributed by atoms with E-state index in [1.165, 1.54) is 14.7 Å². The fourth-order valence-electron chi connectivity index (χ4n) is 1.60. The van der Waals surface area contributed by atoms with Crippen LogP contribution in [0.3, 0.4) is 0 Å². The van der Waals surface area contributed by atoms with Crippen molar-refractivity contribution in [2.75, 3.05) is 0 Å². The Morgan fingerprint density at radius 2 is 2.31 bits per heavy atom. The summed E-state index contributed by atoms with van der Waals surface area (Å²) in [4.78, 5) is 7.68. The highest BCUT2D eigenvalue weighted by Gasteiger charge is 2.13. The molecule has 0 aliphatic carbocycles. The van der Waals surface area contributed by atoms with Crippen LogP contribution in [0.1, 0.15) is 21.8 Å². The van der Waals surface area contributed by atoms with Crippen LogP contribution in [0.15, 0.2) is 30.6 Å². The van der Waals surface area contributed by atoms with Crippen LogP contribution >= 0.6 is 38.5 Å². The molecule has 0 spiro atoms. The monoisotopic (exact) mass is 390 g/mol. The van der Waals surface area contributed by atoms with Crippen LogP contribution in [0.5, 0.6) is 0 Å². The number of hydrogen-bond donors (Lipinski definition) is 1. The molecule has 1 aromatic carbocycles. The van der Waals surface area contributed by atoms with E-state index in [9.17, 15) is 0 Å². The number of aromatic amines is 1. The first kappa shape index (κ1) is 12.1. The zero-order valence-electron chi connectivity index (χ0n) is 8.87. The van der Waals surface area contributed by atoms with Gasteiger partial charge in [0.2, 0.25) is 0 Å². The molecule has 16 heavy (non-hydrogen) atoms. The number of nitrogens with zero attached hydrogens (tertiary/aromatic N) is 1. The molecule has 0 amide bonds. The molecule has 1 N–H and O–H groups in total. The number of rotatable bonds is 3. The fraction of sp³-hybridized carbons (Fsp3) is 0.250. The smallest absolute Gasteiger partial charge is 0.107 e. The lowest BCUT2D eigenvalue weighted by atomic mass is 10.1. The zero-order chi connectivity index (χ0) is 11.5. The maximum atomic E-state index is 4.25. The van der Waals surface area contributed by atoms with Gasteiger partial charge in [0.25, 0.3) is 0 Å². The van der Waals surface area contributed by atoms with Gasteiger partial charge in [0.05, 0.1) is 0 Å². The Labute approximate surface area is 117 Å². The third-order valence-electron chi connectivity index (χ3n) is 2.49. The molecule has 0 aliphatic heterocycles. The van der Waals surface area contributed by atoms with Gasteiger partial charge in [-0.15, -0.1) is 0 Å². The quantitative estimate of drug-likeness (QED) is 0.622. The average Bonchev–Trinajstić information content (AvgIpc) is 2.74. The topological polar surface area (TPSA) is 28.7 Å². The average molecular weight is 391 g/mol. The van der Waals surface area contributed by atoms with Gasteiger partial charge in [-0.1, -0.05) is 34.1 Å². The zero-order valence-corrected chi connectivity index (χ0v) is 12.6. The molecule has 0 aliphatic rings. The van der Waals surface area contributed by atoms with E-state index in [0.717, 1.165) is 12.2 Å². The van der Waals surface area contributed by atoms with Gasteiger partial charge in [0.1, 0.15) is 5.82 Å². The third kappa shape index (κ3) is 2.66. The highest BCUT2D eigenvalue weighted by Crippen LogP contribution is 2.31. The van der Waals surface area contributed by atoms with E-state index in [2.05, 4.69) is 73.6 Å². The summed E-state index contributed by atoms with van der Waals surface area (Å²) < 4.78 is 1.33. The molecule has 2 nitrogen and oxygen atoms in total. The van der Waals surface area contributed by atoms with Gasteiger partial charge < -0.3 is 4.98 Å². The number of alkyl halides is 1. The molecule has 0 radical (unpaired) electrons. The lowest BCUT2D eigenvalue weighted by molar-refractivity contribution is 0.871. The molecule has 0 saturated heterocycles. The van der Waals surface area contributed by atoms with Gasteiger partial charge >= 0.3 is 0 Å². The van der Waals surface area contributed by atoms with Gasteiger partial charge in [0.15, 0.2) is 0 Å². The number of H-pyrrole nitrogens is 1. The van der Waals surface area contributed by atoms with Crippen molar-refractivity contribution in [3.8, 4) is 0 Å².